The van der Waals surface area contributed by atoms with Gasteiger partial charge in [-0.15, -0.1) is 0 Å². The Labute approximate surface area is 145 Å². The van der Waals surface area contributed by atoms with Gasteiger partial charge in [0.2, 0.25) is 5.91 Å². The molecule has 132 valence electrons. The first-order chi connectivity index (χ1) is 11.8. The fourth-order valence-corrected chi connectivity index (χ4v) is 3.94. The fourth-order valence-electron chi connectivity index (χ4n) is 3.94. The molecular formula is C19H30N4O. The van der Waals surface area contributed by atoms with Gasteiger partial charge in [0.15, 0.2) is 0 Å². The molecule has 2 aliphatic rings. The number of carbonyl (C=O) groups is 1. The second kappa shape index (κ2) is 9.14. The van der Waals surface area contributed by atoms with Crippen LogP contribution in [0.15, 0.2) is 24.5 Å². The van der Waals surface area contributed by atoms with Crippen molar-refractivity contribution < 1.29 is 4.79 Å². The Kier molecular flexibility index (Phi) is 6.61. The topological polar surface area (TPSA) is 48.5 Å². The fraction of sp³-hybridized carbons (Fsp3) is 0.684. The Morgan fingerprint density at radius 1 is 1.00 bits per heavy atom. The van der Waals surface area contributed by atoms with Crippen molar-refractivity contribution in [1.29, 1.82) is 0 Å². The van der Waals surface area contributed by atoms with E-state index in [1.165, 1.54) is 45.2 Å². The van der Waals surface area contributed by atoms with Gasteiger partial charge in [0.25, 0.3) is 0 Å². The van der Waals surface area contributed by atoms with E-state index in [1.807, 2.05) is 12.1 Å². The summed E-state index contributed by atoms with van der Waals surface area (Å²) in [6.07, 6.45) is 11.6. The van der Waals surface area contributed by atoms with Crippen LogP contribution in [0.5, 0.6) is 0 Å². The molecule has 2 heterocycles. The number of hydrogen-bond acceptors (Lipinski definition) is 4. The molecule has 24 heavy (non-hydrogen) atoms. The lowest BCUT2D eigenvalue weighted by Gasteiger charge is -2.28. The first-order valence-corrected chi connectivity index (χ1v) is 9.44. The molecule has 0 bridgehead atoms. The summed E-state index contributed by atoms with van der Waals surface area (Å²) in [6.45, 7) is 6.04. The molecule has 2 fully saturated rings. The predicted octanol–water partition coefficient (Wildman–Crippen LogP) is 2.61. The molecule has 3 rings (SSSR count). The maximum atomic E-state index is 12.2. The van der Waals surface area contributed by atoms with Crippen LogP contribution >= 0.6 is 0 Å². The standard InChI is InChI=1S/C19H30N4O/c24-19(21-18-7-9-20-10-8-18)16-23-12-4-11-22(13-14-23)15-17-5-2-1-3-6-17/h7-10,17H,1-6,11-16H2,(H,20,21,24). The summed E-state index contributed by atoms with van der Waals surface area (Å²) in [5.74, 6) is 0.974. The van der Waals surface area contributed by atoms with Crippen LogP contribution in [-0.4, -0.2) is 60.0 Å². The van der Waals surface area contributed by atoms with Crippen molar-refractivity contribution in [3.05, 3.63) is 24.5 Å². The third-order valence-electron chi connectivity index (χ3n) is 5.25. The largest absolute Gasteiger partial charge is 0.325 e. The molecule has 0 radical (unpaired) electrons. The number of anilines is 1. The Balaban J connectivity index is 1.40. The Hall–Kier alpha value is -1.46. The van der Waals surface area contributed by atoms with E-state index >= 15 is 0 Å². The van der Waals surface area contributed by atoms with E-state index in [2.05, 4.69) is 20.1 Å². The van der Waals surface area contributed by atoms with Gasteiger partial charge >= 0.3 is 0 Å². The summed E-state index contributed by atoms with van der Waals surface area (Å²) in [4.78, 5) is 21.1. The molecule has 1 aliphatic heterocycles. The number of nitrogens with zero attached hydrogens (tertiary/aromatic N) is 3. The van der Waals surface area contributed by atoms with Crippen molar-refractivity contribution in [3.8, 4) is 0 Å². The minimum absolute atomic E-state index is 0.0712. The zero-order chi connectivity index (χ0) is 16.6. The molecule has 1 N–H and O–H groups in total. The molecule has 1 amide bonds. The summed E-state index contributed by atoms with van der Waals surface area (Å²) in [5, 5.41) is 2.95. The van der Waals surface area contributed by atoms with Crippen LogP contribution in [0, 0.1) is 5.92 Å². The second-order valence-electron chi connectivity index (χ2n) is 7.22. The van der Waals surface area contributed by atoms with Gasteiger partial charge in [-0.25, -0.2) is 0 Å². The highest BCUT2D eigenvalue weighted by Gasteiger charge is 2.21. The van der Waals surface area contributed by atoms with Gasteiger partial charge in [-0.05, 0) is 50.4 Å². The smallest absolute Gasteiger partial charge is 0.238 e. The highest BCUT2D eigenvalue weighted by molar-refractivity contribution is 5.92. The van der Waals surface area contributed by atoms with E-state index in [4.69, 9.17) is 0 Å². The van der Waals surface area contributed by atoms with E-state index in [0.29, 0.717) is 6.54 Å². The summed E-state index contributed by atoms with van der Waals surface area (Å²) >= 11 is 0. The SMILES string of the molecule is O=C(CN1CCCN(CC2CCCCC2)CC1)Nc1ccncc1. The number of rotatable bonds is 5. The number of nitrogens with one attached hydrogen (secondary N) is 1. The van der Waals surface area contributed by atoms with E-state index in [-0.39, 0.29) is 5.91 Å². The molecule has 1 aromatic heterocycles. The highest BCUT2D eigenvalue weighted by Crippen LogP contribution is 2.24. The molecular weight excluding hydrogens is 300 g/mol. The molecule has 0 spiro atoms. The van der Waals surface area contributed by atoms with Crippen LogP contribution in [0.25, 0.3) is 0 Å². The molecule has 0 aromatic carbocycles. The zero-order valence-electron chi connectivity index (χ0n) is 14.6. The van der Waals surface area contributed by atoms with Gasteiger partial charge < -0.3 is 10.2 Å². The Morgan fingerprint density at radius 2 is 1.71 bits per heavy atom. The Morgan fingerprint density at radius 3 is 2.50 bits per heavy atom. The van der Waals surface area contributed by atoms with Crippen LogP contribution in [0.4, 0.5) is 5.69 Å². The van der Waals surface area contributed by atoms with Crippen molar-refractivity contribution in [1.82, 2.24) is 14.8 Å². The molecule has 1 aromatic rings. The van der Waals surface area contributed by atoms with Gasteiger partial charge in [-0.2, -0.15) is 0 Å². The quantitative estimate of drug-likeness (QED) is 0.901. The lowest BCUT2D eigenvalue weighted by molar-refractivity contribution is -0.117. The molecule has 5 nitrogen and oxygen atoms in total. The predicted molar refractivity (Wildman–Crippen MR) is 96.9 cm³/mol. The molecule has 1 saturated carbocycles. The van der Waals surface area contributed by atoms with E-state index < -0.39 is 0 Å². The number of aromatic nitrogens is 1. The van der Waals surface area contributed by atoms with Crippen molar-refractivity contribution in [2.75, 3.05) is 44.6 Å². The van der Waals surface area contributed by atoms with E-state index in [9.17, 15) is 4.79 Å². The van der Waals surface area contributed by atoms with Crippen molar-refractivity contribution in [2.45, 2.75) is 38.5 Å². The molecule has 0 unspecified atom stereocenters. The van der Waals surface area contributed by atoms with E-state index in [0.717, 1.165) is 37.7 Å². The lowest BCUT2D eigenvalue weighted by Crippen LogP contribution is -2.37. The van der Waals surface area contributed by atoms with Crippen molar-refractivity contribution in [2.24, 2.45) is 5.92 Å². The van der Waals surface area contributed by atoms with Crippen molar-refractivity contribution >= 4 is 11.6 Å². The molecule has 5 heteroatoms. The number of pyridine rings is 1. The maximum Gasteiger partial charge on any atom is 0.238 e. The van der Waals surface area contributed by atoms with Crippen molar-refractivity contribution in [3.63, 3.8) is 0 Å². The van der Waals surface area contributed by atoms with E-state index in [1.54, 1.807) is 12.4 Å². The number of amides is 1. The highest BCUT2D eigenvalue weighted by atomic mass is 16.2. The summed E-state index contributed by atoms with van der Waals surface area (Å²) in [7, 11) is 0. The first-order valence-electron chi connectivity index (χ1n) is 9.44. The van der Waals surface area contributed by atoms with Gasteiger partial charge in [-0.1, -0.05) is 19.3 Å². The monoisotopic (exact) mass is 330 g/mol. The zero-order valence-corrected chi connectivity index (χ0v) is 14.6. The minimum Gasteiger partial charge on any atom is -0.325 e. The average Bonchev–Trinajstić information content (AvgIpc) is 2.82. The lowest BCUT2D eigenvalue weighted by atomic mass is 9.89. The van der Waals surface area contributed by atoms with Crippen LogP contribution in [0.2, 0.25) is 0 Å². The van der Waals surface area contributed by atoms with Crippen LogP contribution in [0.1, 0.15) is 38.5 Å². The third-order valence-corrected chi connectivity index (χ3v) is 5.25. The number of hydrogen-bond donors (Lipinski definition) is 1. The average molecular weight is 330 g/mol. The van der Waals surface area contributed by atoms with Gasteiger partial charge in [0.05, 0.1) is 6.54 Å². The third kappa shape index (κ3) is 5.56. The summed E-state index contributed by atoms with van der Waals surface area (Å²) in [6, 6.07) is 3.65. The minimum atomic E-state index is 0.0712. The molecule has 0 atom stereocenters. The molecule has 1 saturated heterocycles. The normalized spacial score (nSPS) is 21.3. The van der Waals surface area contributed by atoms with Gasteiger partial charge in [0.1, 0.15) is 0 Å². The first kappa shape index (κ1) is 17.4. The molecule has 1 aliphatic carbocycles. The number of carbonyl (C=O) groups excluding carboxylic acids is 1. The Bertz CT molecular complexity index is 501. The van der Waals surface area contributed by atoms with Crippen LogP contribution in [0.3, 0.4) is 0 Å². The van der Waals surface area contributed by atoms with Crippen LogP contribution in [-0.2, 0) is 4.79 Å². The van der Waals surface area contributed by atoms with Gasteiger partial charge in [-0.3, -0.25) is 14.7 Å². The summed E-state index contributed by atoms with van der Waals surface area (Å²) < 4.78 is 0. The summed E-state index contributed by atoms with van der Waals surface area (Å²) in [5.41, 5.74) is 0.823. The van der Waals surface area contributed by atoms with Gasteiger partial charge in [0, 0.05) is 37.7 Å². The van der Waals surface area contributed by atoms with Crippen LogP contribution < -0.4 is 5.32 Å². The second-order valence-corrected chi connectivity index (χ2v) is 7.22. The maximum absolute atomic E-state index is 12.2.